The average Bonchev–Trinajstić information content (AvgIpc) is 3.39. The Morgan fingerprint density at radius 3 is 2.16 bits per heavy atom. The van der Waals surface area contributed by atoms with Crippen molar-refractivity contribution in [1.82, 2.24) is 5.01 Å². The zero-order valence-corrected chi connectivity index (χ0v) is 21.6. The molecule has 0 saturated heterocycles. The lowest BCUT2D eigenvalue weighted by Gasteiger charge is -2.22. The van der Waals surface area contributed by atoms with Crippen LogP contribution in [-0.4, -0.2) is 29.7 Å². The molecule has 6 nitrogen and oxygen atoms in total. The summed E-state index contributed by atoms with van der Waals surface area (Å²) in [4.78, 5) is 26.4. The maximum atomic E-state index is 13.5. The number of methoxy groups -OCH3 is 1. The van der Waals surface area contributed by atoms with Gasteiger partial charge in [-0.2, -0.15) is 5.10 Å². The van der Waals surface area contributed by atoms with E-state index in [1.165, 1.54) is 5.01 Å². The zero-order valence-electron chi connectivity index (χ0n) is 20.0. The van der Waals surface area contributed by atoms with Crippen LogP contribution in [0, 0.1) is 0 Å². The molecule has 4 aromatic rings. The summed E-state index contributed by atoms with van der Waals surface area (Å²) in [5.74, 6) is 0.158. The highest BCUT2D eigenvalue weighted by atomic mass is 79.9. The molecule has 0 saturated carbocycles. The van der Waals surface area contributed by atoms with E-state index in [4.69, 9.17) is 14.6 Å². The van der Waals surface area contributed by atoms with Crippen molar-refractivity contribution in [2.45, 2.75) is 12.5 Å². The van der Waals surface area contributed by atoms with E-state index in [1.54, 1.807) is 61.7 Å². The molecule has 0 aromatic heterocycles. The highest BCUT2D eigenvalue weighted by Crippen LogP contribution is 2.37. The molecule has 1 aliphatic rings. The van der Waals surface area contributed by atoms with Crippen molar-refractivity contribution >= 4 is 33.5 Å². The number of ether oxygens (including phenoxy) is 2. The van der Waals surface area contributed by atoms with Gasteiger partial charge in [-0.1, -0.05) is 64.5 Å². The number of hydrogen-bond donors (Lipinski definition) is 0. The normalized spacial score (nSPS) is 14.7. The van der Waals surface area contributed by atoms with Gasteiger partial charge in [0.25, 0.3) is 5.91 Å². The first-order valence-corrected chi connectivity index (χ1v) is 12.5. The third-order valence-electron chi connectivity index (χ3n) is 6.11. The summed E-state index contributed by atoms with van der Waals surface area (Å²) in [6.07, 6.45) is 0.447. The number of esters is 1. The van der Waals surface area contributed by atoms with Gasteiger partial charge in [-0.25, -0.2) is 9.80 Å². The molecule has 1 aliphatic heterocycles. The molecule has 1 heterocycles. The first kappa shape index (κ1) is 24.5. The smallest absolute Gasteiger partial charge is 0.343 e. The van der Waals surface area contributed by atoms with E-state index >= 15 is 0 Å². The number of hydrogen-bond acceptors (Lipinski definition) is 5. The van der Waals surface area contributed by atoms with Crippen molar-refractivity contribution in [1.29, 1.82) is 0 Å². The SMILES string of the molecule is COc1ccc(C2=NN(C(=O)c3ccccc3)[C@@H](c3ccc(Br)cc3)C2)c(OC(=O)c2ccccc2)c1. The summed E-state index contributed by atoms with van der Waals surface area (Å²) in [5, 5.41) is 6.28. The number of benzene rings is 4. The topological polar surface area (TPSA) is 68.2 Å². The Bertz CT molecular complexity index is 1450. The molecule has 1 atom stereocenters. The van der Waals surface area contributed by atoms with E-state index in [2.05, 4.69) is 15.9 Å². The van der Waals surface area contributed by atoms with Crippen molar-refractivity contribution in [3.05, 3.63) is 130 Å². The van der Waals surface area contributed by atoms with Gasteiger partial charge in [0, 0.05) is 28.1 Å². The predicted octanol–water partition coefficient (Wildman–Crippen LogP) is 6.67. The molecule has 5 rings (SSSR count). The van der Waals surface area contributed by atoms with Crippen molar-refractivity contribution in [3.63, 3.8) is 0 Å². The minimum atomic E-state index is -0.490. The van der Waals surface area contributed by atoms with Crippen LogP contribution >= 0.6 is 15.9 Å². The second-order valence-electron chi connectivity index (χ2n) is 8.45. The number of carbonyl (C=O) groups excluding carboxylic acids is 2. The predicted molar refractivity (Wildman–Crippen MR) is 145 cm³/mol. The summed E-state index contributed by atoms with van der Waals surface area (Å²) in [7, 11) is 1.55. The van der Waals surface area contributed by atoms with E-state index in [0.29, 0.717) is 40.3 Å². The zero-order chi connectivity index (χ0) is 25.8. The van der Waals surface area contributed by atoms with Crippen molar-refractivity contribution in [2.24, 2.45) is 5.10 Å². The van der Waals surface area contributed by atoms with Crippen LogP contribution in [-0.2, 0) is 0 Å². The quantitative estimate of drug-likeness (QED) is 0.197. The molecule has 0 radical (unpaired) electrons. The van der Waals surface area contributed by atoms with Crippen LogP contribution < -0.4 is 9.47 Å². The number of amides is 1. The molecule has 0 aliphatic carbocycles. The van der Waals surface area contributed by atoms with Gasteiger partial charge in [-0.05, 0) is 54.1 Å². The molecule has 0 bridgehead atoms. The van der Waals surface area contributed by atoms with Gasteiger partial charge in [0.2, 0.25) is 0 Å². The molecule has 184 valence electrons. The van der Waals surface area contributed by atoms with E-state index in [9.17, 15) is 9.59 Å². The Kier molecular flexibility index (Phi) is 7.14. The van der Waals surface area contributed by atoms with Crippen LogP contribution in [0.3, 0.4) is 0 Å². The van der Waals surface area contributed by atoms with E-state index < -0.39 is 5.97 Å². The highest BCUT2D eigenvalue weighted by molar-refractivity contribution is 9.10. The van der Waals surface area contributed by atoms with E-state index in [-0.39, 0.29) is 11.9 Å². The summed E-state index contributed by atoms with van der Waals surface area (Å²) >= 11 is 3.48. The standard InChI is InChI=1S/C30H23BrN2O4/c1-36-24-16-17-25(28(18-24)37-30(35)22-10-6-3-7-11-22)26-19-27(20-12-14-23(31)15-13-20)33(32-26)29(34)21-8-4-2-5-9-21/h2-18,27H,19H2,1H3/t27-/m1/s1. The van der Waals surface area contributed by atoms with Gasteiger partial charge >= 0.3 is 5.97 Å². The number of nitrogens with zero attached hydrogens (tertiary/aromatic N) is 2. The maximum Gasteiger partial charge on any atom is 0.343 e. The fourth-order valence-electron chi connectivity index (χ4n) is 4.20. The van der Waals surface area contributed by atoms with Gasteiger partial charge in [0.15, 0.2) is 0 Å². The first-order chi connectivity index (χ1) is 18.0. The van der Waals surface area contributed by atoms with Crippen LogP contribution in [0.4, 0.5) is 0 Å². The van der Waals surface area contributed by atoms with Crippen LogP contribution in [0.5, 0.6) is 11.5 Å². The van der Waals surface area contributed by atoms with Gasteiger partial charge < -0.3 is 9.47 Å². The lowest BCUT2D eigenvalue weighted by atomic mass is 9.97. The average molecular weight is 555 g/mol. The summed E-state index contributed by atoms with van der Waals surface area (Å²) in [6, 6.07) is 30.6. The summed E-state index contributed by atoms with van der Waals surface area (Å²) in [5.41, 5.74) is 3.17. The maximum absolute atomic E-state index is 13.5. The van der Waals surface area contributed by atoms with E-state index in [0.717, 1.165) is 10.0 Å². The van der Waals surface area contributed by atoms with Crippen LogP contribution in [0.15, 0.2) is 113 Å². The summed E-state index contributed by atoms with van der Waals surface area (Å²) in [6.45, 7) is 0. The van der Waals surface area contributed by atoms with Crippen LogP contribution in [0.1, 0.15) is 44.3 Å². The molecule has 4 aromatic carbocycles. The van der Waals surface area contributed by atoms with Crippen LogP contribution in [0.2, 0.25) is 0 Å². The Hall–Kier alpha value is -4.23. The highest BCUT2D eigenvalue weighted by Gasteiger charge is 2.35. The number of rotatable bonds is 6. The van der Waals surface area contributed by atoms with Crippen molar-refractivity contribution in [2.75, 3.05) is 7.11 Å². The molecule has 0 N–H and O–H groups in total. The summed E-state index contributed by atoms with van der Waals surface area (Å²) < 4.78 is 12.1. The monoisotopic (exact) mass is 554 g/mol. The Morgan fingerprint density at radius 1 is 0.865 bits per heavy atom. The molecule has 37 heavy (non-hydrogen) atoms. The van der Waals surface area contributed by atoms with Gasteiger partial charge in [0.05, 0.1) is 24.4 Å². The first-order valence-electron chi connectivity index (χ1n) is 11.7. The Morgan fingerprint density at radius 2 is 1.51 bits per heavy atom. The molecule has 0 unspecified atom stereocenters. The second kappa shape index (κ2) is 10.8. The third-order valence-corrected chi connectivity index (χ3v) is 6.63. The minimum Gasteiger partial charge on any atom is -0.497 e. The Labute approximate surface area is 223 Å². The van der Waals surface area contributed by atoms with Crippen LogP contribution in [0.25, 0.3) is 0 Å². The lowest BCUT2D eigenvalue weighted by molar-refractivity contribution is 0.0708. The molecule has 7 heteroatoms. The minimum absolute atomic E-state index is 0.208. The Balaban J connectivity index is 1.54. The lowest BCUT2D eigenvalue weighted by Crippen LogP contribution is -2.27. The number of carbonyl (C=O) groups is 2. The molecule has 1 amide bonds. The fraction of sp³-hybridized carbons (Fsp3) is 0.100. The van der Waals surface area contributed by atoms with Gasteiger partial charge in [0.1, 0.15) is 11.5 Å². The van der Waals surface area contributed by atoms with Crippen molar-refractivity contribution in [3.8, 4) is 11.5 Å². The number of hydrazone groups is 1. The van der Waals surface area contributed by atoms with Gasteiger partial charge in [-0.3, -0.25) is 4.79 Å². The molecule has 0 fully saturated rings. The van der Waals surface area contributed by atoms with E-state index in [1.807, 2.05) is 48.5 Å². The largest absolute Gasteiger partial charge is 0.497 e. The molecular weight excluding hydrogens is 532 g/mol. The molecule has 0 spiro atoms. The fourth-order valence-corrected chi connectivity index (χ4v) is 4.47. The second-order valence-corrected chi connectivity index (χ2v) is 9.37. The number of halogens is 1. The molecular formula is C30H23BrN2O4. The van der Waals surface area contributed by atoms with Gasteiger partial charge in [-0.15, -0.1) is 0 Å². The third kappa shape index (κ3) is 5.32. The van der Waals surface area contributed by atoms with Crippen molar-refractivity contribution < 1.29 is 19.1 Å².